The molecule has 0 saturated carbocycles. The molecule has 3 rings (SSSR count). The van der Waals surface area contributed by atoms with Gasteiger partial charge in [0.2, 0.25) is 0 Å². The van der Waals surface area contributed by atoms with Gasteiger partial charge in [0.1, 0.15) is 5.82 Å². The topological polar surface area (TPSA) is 63.8 Å². The summed E-state index contributed by atoms with van der Waals surface area (Å²) in [7, 11) is 0. The van der Waals surface area contributed by atoms with Crippen LogP contribution in [-0.2, 0) is 6.42 Å². The van der Waals surface area contributed by atoms with Gasteiger partial charge < -0.3 is 11.1 Å². The Balaban J connectivity index is 1.73. The number of benzene rings is 1. The number of hydrogen-bond acceptors (Lipinski definition) is 4. The largest absolute Gasteiger partial charge is 0.396 e. The zero-order valence-corrected chi connectivity index (χ0v) is 11.1. The van der Waals surface area contributed by atoms with Crippen molar-refractivity contribution in [3.8, 4) is 0 Å². The summed E-state index contributed by atoms with van der Waals surface area (Å²) in [4.78, 5) is 8.68. The highest BCUT2D eigenvalue weighted by Gasteiger charge is 2.02. The van der Waals surface area contributed by atoms with Gasteiger partial charge in [-0.2, -0.15) is 0 Å². The summed E-state index contributed by atoms with van der Waals surface area (Å²) >= 11 is 0. The summed E-state index contributed by atoms with van der Waals surface area (Å²) in [6.45, 7) is 0.775. The van der Waals surface area contributed by atoms with Crippen LogP contribution in [0.5, 0.6) is 0 Å². The molecule has 0 spiro atoms. The van der Waals surface area contributed by atoms with Crippen LogP contribution in [0.2, 0.25) is 0 Å². The van der Waals surface area contributed by atoms with Crippen LogP contribution in [0.1, 0.15) is 5.56 Å². The molecule has 0 aliphatic heterocycles. The summed E-state index contributed by atoms with van der Waals surface area (Å²) < 4.78 is 0. The summed E-state index contributed by atoms with van der Waals surface area (Å²) in [5.41, 5.74) is 8.81. The third-order valence-electron chi connectivity index (χ3n) is 3.24. The van der Waals surface area contributed by atoms with Crippen LogP contribution in [-0.4, -0.2) is 16.5 Å². The molecule has 0 saturated heterocycles. The van der Waals surface area contributed by atoms with Crippen LogP contribution in [0, 0.1) is 0 Å². The third kappa shape index (κ3) is 2.54. The first-order valence-corrected chi connectivity index (χ1v) is 6.61. The molecular weight excluding hydrogens is 248 g/mol. The van der Waals surface area contributed by atoms with Crippen molar-refractivity contribution in [3.63, 3.8) is 0 Å². The molecule has 0 aliphatic rings. The summed E-state index contributed by atoms with van der Waals surface area (Å²) in [5, 5.41) is 4.43. The molecule has 3 N–H and O–H groups in total. The van der Waals surface area contributed by atoms with Crippen molar-refractivity contribution in [2.24, 2.45) is 0 Å². The maximum atomic E-state index is 5.85. The Morgan fingerprint density at radius 1 is 0.950 bits per heavy atom. The Hall–Kier alpha value is -2.62. The van der Waals surface area contributed by atoms with Crippen molar-refractivity contribution in [1.29, 1.82) is 0 Å². The molecule has 0 aliphatic carbocycles. The van der Waals surface area contributed by atoms with E-state index >= 15 is 0 Å². The van der Waals surface area contributed by atoms with Crippen LogP contribution >= 0.6 is 0 Å². The maximum Gasteiger partial charge on any atom is 0.149 e. The Labute approximate surface area is 117 Å². The zero-order chi connectivity index (χ0) is 13.8. The van der Waals surface area contributed by atoms with Crippen molar-refractivity contribution in [3.05, 3.63) is 60.4 Å². The Bertz CT molecular complexity index is 719. The quantitative estimate of drug-likeness (QED) is 0.760. The first-order chi connectivity index (χ1) is 9.84. The van der Waals surface area contributed by atoms with Gasteiger partial charge in [-0.15, -0.1) is 0 Å². The number of para-hydroxylation sites is 1. The molecule has 0 unspecified atom stereocenters. The second kappa shape index (κ2) is 5.57. The van der Waals surface area contributed by atoms with Gasteiger partial charge in [-0.1, -0.05) is 24.3 Å². The number of nitrogen functional groups attached to an aromatic ring is 1. The molecule has 0 radical (unpaired) electrons. The minimum atomic E-state index is 0.670. The zero-order valence-electron chi connectivity index (χ0n) is 11.1. The number of rotatable bonds is 4. The van der Waals surface area contributed by atoms with Gasteiger partial charge >= 0.3 is 0 Å². The average Bonchev–Trinajstić information content (AvgIpc) is 2.49. The van der Waals surface area contributed by atoms with Crippen LogP contribution < -0.4 is 11.1 Å². The molecule has 2 aromatic heterocycles. The van der Waals surface area contributed by atoms with E-state index in [1.54, 1.807) is 6.20 Å². The van der Waals surface area contributed by atoms with E-state index in [-0.39, 0.29) is 0 Å². The molecular formula is C16H16N4. The number of aromatic nitrogens is 2. The average molecular weight is 264 g/mol. The van der Waals surface area contributed by atoms with E-state index in [2.05, 4.69) is 39.6 Å². The summed E-state index contributed by atoms with van der Waals surface area (Å²) in [6.07, 6.45) is 4.44. The fraction of sp³-hybridized carbons (Fsp3) is 0.125. The molecule has 0 bridgehead atoms. The maximum absolute atomic E-state index is 5.85. The standard InChI is InChI=1S/C16H16N4/c17-14-7-3-10-19-16(14)20-11-8-13-5-1-4-12-6-2-9-18-15(12)13/h1-7,9-10H,8,11,17H2,(H,19,20). The first-order valence-electron chi connectivity index (χ1n) is 6.61. The monoisotopic (exact) mass is 264 g/mol. The van der Waals surface area contributed by atoms with E-state index in [1.807, 2.05) is 24.4 Å². The van der Waals surface area contributed by atoms with Crippen LogP contribution in [0.25, 0.3) is 10.9 Å². The van der Waals surface area contributed by atoms with Crippen molar-refractivity contribution < 1.29 is 0 Å². The van der Waals surface area contributed by atoms with Gasteiger partial charge in [0.05, 0.1) is 11.2 Å². The number of fused-ring (bicyclic) bond motifs is 1. The number of nitrogens with zero attached hydrogens (tertiary/aromatic N) is 2. The lowest BCUT2D eigenvalue weighted by Crippen LogP contribution is -2.08. The highest BCUT2D eigenvalue weighted by atomic mass is 15.0. The van der Waals surface area contributed by atoms with Crippen LogP contribution in [0.4, 0.5) is 11.5 Å². The lowest BCUT2D eigenvalue weighted by molar-refractivity contribution is 1.01. The highest BCUT2D eigenvalue weighted by molar-refractivity contribution is 5.81. The highest BCUT2D eigenvalue weighted by Crippen LogP contribution is 2.17. The van der Waals surface area contributed by atoms with E-state index < -0.39 is 0 Å². The SMILES string of the molecule is Nc1cccnc1NCCc1cccc2cccnc12. The van der Waals surface area contributed by atoms with E-state index in [9.17, 15) is 0 Å². The number of pyridine rings is 2. The predicted octanol–water partition coefficient (Wildman–Crippen LogP) is 2.87. The van der Waals surface area contributed by atoms with Gasteiger partial charge in [0, 0.05) is 24.3 Å². The molecule has 3 aromatic rings. The van der Waals surface area contributed by atoms with Crippen molar-refractivity contribution in [2.75, 3.05) is 17.6 Å². The number of nitrogens with two attached hydrogens (primary N) is 1. The lowest BCUT2D eigenvalue weighted by Gasteiger charge is -2.09. The van der Waals surface area contributed by atoms with Gasteiger partial charge in [0.15, 0.2) is 0 Å². The summed E-state index contributed by atoms with van der Waals surface area (Å²) in [6, 6.07) is 14.0. The molecule has 1 aromatic carbocycles. The van der Waals surface area contributed by atoms with Gasteiger partial charge in [-0.25, -0.2) is 4.98 Å². The third-order valence-corrected chi connectivity index (χ3v) is 3.24. The smallest absolute Gasteiger partial charge is 0.149 e. The fourth-order valence-electron chi connectivity index (χ4n) is 2.25. The molecule has 0 fully saturated rings. The number of anilines is 2. The molecule has 100 valence electrons. The molecule has 4 heteroatoms. The van der Waals surface area contributed by atoms with Crippen LogP contribution in [0.15, 0.2) is 54.9 Å². The Morgan fingerprint density at radius 2 is 1.75 bits per heavy atom. The second-order valence-electron chi connectivity index (χ2n) is 4.61. The van der Waals surface area contributed by atoms with E-state index in [4.69, 9.17) is 5.73 Å². The van der Waals surface area contributed by atoms with Crippen molar-refractivity contribution in [2.45, 2.75) is 6.42 Å². The van der Waals surface area contributed by atoms with Gasteiger partial charge in [-0.05, 0) is 30.2 Å². The Kier molecular flexibility index (Phi) is 3.46. The second-order valence-corrected chi connectivity index (χ2v) is 4.61. The molecule has 20 heavy (non-hydrogen) atoms. The van der Waals surface area contributed by atoms with Crippen molar-refractivity contribution in [1.82, 2.24) is 9.97 Å². The minimum Gasteiger partial charge on any atom is -0.396 e. The van der Waals surface area contributed by atoms with Gasteiger partial charge in [-0.3, -0.25) is 4.98 Å². The van der Waals surface area contributed by atoms with E-state index in [0.29, 0.717) is 5.69 Å². The van der Waals surface area contributed by atoms with E-state index in [1.165, 1.54) is 10.9 Å². The minimum absolute atomic E-state index is 0.670. The van der Waals surface area contributed by atoms with E-state index in [0.717, 1.165) is 24.3 Å². The number of nitrogens with one attached hydrogen (secondary N) is 1. The van der Waals surface area contributed by atoms with Crippen LogP contribution in [0.3, 0.4) is 0 Å². The number of hydrogen-bond donors (Lipinski definition) is 2. The first kappa shape index (κ1) is 12.4. The summed E-state index contributed by atoms with van der Waals surface area (Å²) in [5.74, 6) is 0.737. The molecule has 0 amide bonds. The normalized spacial score (nSPS) is 10.6. The predicted molar refractivity (Wildman–Crippen MR) is 82.6 cm³/mol. The fourth-order valence-corrected chi connectivity index (χ4v) is 2.25. The van der Waals surface area contributed by atoms with Crippen molar-refractivity contribution >= 4 is 22.4 Å². The Morgan fingerprint density at radius 3 is 2.65 bits per heavy atom. The molecule has 0 atom stereocenters. The molecule has 4 nitrogen and oxygen atoms in total. The molecule has 2 heterocycles. The lowest BCUT2D eigenvalue weighted by atomic mass is 10.1. The van der Waals surface area contributed by atoms with Gasteiger partial charge in [0.25, 0.3) is 0 Å².